The van der Waals surface area contributed by atoms with Gasteiger partial charge >= 0.3 is 5.82 Å². The Hall–Kier alpha value is -1.69. The number of nitro groups is 1. The summed E-state index contributed by atoms with van der Waals surface area (Å²) in [5, 5.41) is 10.9. The van der Waals surface area contributed by atoms with Gasteiger partial charge in [0, 0.05) is 24.8 Å². The second-order valence-corrected chi connectivity index (χ2v) is 5.30. The number of nitrogens with zero attached hydrogens (tertiary/aromatic N) is 2. The molecule has 2 unspecified atom stereocenters. The number of hydrogen-bond acceptors (Lipinski definition) is 5. The summed E-state index contributed by atoms with van der Waals surface area (Å²) in [5.41, 5.74) is 6.32. The lowest BCUT2D eigenvalue weighted by molar-refractivity contribution is -0.391. The first kappa shape index (κ1) is 12.8. The van der Waals surface area contributed by atoms with E-state index in [-0.39, 0.29) is 29.1 Å². The molecule has 0 spiro atoms. The second-order valence-electron chi connectivity index (χ2n) is 5.30. The Morgan fingerprint density at radius 1 is 1.56 bits per heavy atom. The number of hydrogen-bond donors (Lipinski definition) is 1. The van der Waals surface area contributed by atoms with E-state index < -0.39 is 4.92 Å². The maximum absolute atomic E-state index is 10.9. The van der Waals surface area contributed by atoms with Gasteiger partial charge in [-0.25, -0.2) is 0 Å². The Balaban J connectivity index is 2.23. The molecule has 6 heteroatoms. The quantitative estimate of drug-likeness (QED) is 0.653. The molecular weight excluding hydrogens is 234 g/mol. The molecule has 1 aromatic rings. The Kier molecular flexibility index (Phi) is 2.98. The molecule has 0 saturated heterocycles. The summed E-state index contributed by atoms with van der Waals surface area (Å²) in [6.45, 7) is 5.71. The van der Waals surface area contributed by atoms with Crippen LogP contribution in [0.25, 0.3) is 0 Å². The van der Waals surface area contributed by atoms with Gasteiger partial charge in [-0.15, -0.1) is 0 Å². The van der Waals surface area contributed by atoms with E-state index in [0.29, 0.717) is 12.1 Å². The molecule has 0 radical (unpaired) electrons. The van der Waals surface area contributed by atoms with Crippen molar-refractivity contribution in [3.8, 4) is 5.75 Å². The van der Waals surface area contributed by atoms with Crippen LogP contribution in [0.5, 0.6) is 5.75 Å². The number of pyridine rings is 1. The molecule has 18 heavy (non-hydrogen) atoms. The predicted molar refractivity (Wildman–Crippen MR) is 66.4 cm³/mol. The smallest absolute Gasteiger partial charge is 0.406 e. The zero-order chi connectivity index (χ0) is 13.5. The van der Waals surface area contributed by atoms with Crippen LogP contribution in [0.2, 0.25) is 0 Å². The van der Waals surface area contributed by atoms with Crippen molar-refractivity contribution in [1.82, 2.24) is 4.98 Å². The molecule has 1 saturated carbocycles. The molecule has 2 atom stereocenters. The van der Waals surface area contributed by atoms with Gasteiger partial charge in [-0.1, -0.05) is 13.8 Å². The Labute approximate surface area is 105 Å². The van der Waals surface area contributed by atoms with Crippen molar-refractivity contribution in [2.75, 3.05) is 0 Å². The maximum atomic E-state index is 10.9. The summed E-state index contributed by atoms with van der Waals surface area (Å²) in [4.78, 5) is 14.3. The highest BCUT2D eigenvalue weighted by atomic mass is 16.6. The molecule has 2 rings (SSSR count). The minimum absolute atomic E-state index is 0.0694. The first-order chi connectivity index (χ1) is 8.32. The van der Waals surface area contributed by atoms with E-state index in [1.54, 1.807) is 19.1 Å². The van der Waals surface area contributed by atoms with Crippen LogP contribution in [0.15, 0.2) is 12.1 Å². The summed E-state index contributed by atoms with van der Waals surface area (Å²) in [6.07, 6.45) is 0.605. The first-order valence-electron chi connectivity index (χ1n) is 5.86. The van der Waals surface area contributed by atoms with E-state index in [1.807, 2.05) is 13.8 Å². The van der Waals surface area contributed by atoms with Crippen LogP contribution in [0, 0.1) is 22.5 Å². The third-order valence-corrected chi connectivity index (χ3v) is 3.67. The Morgan fingerprint density at radius 2 is 2.22 bits per heavy atom. The van der Waals surface area contributed by atoms with Gasteiger partial charge in [-0.3, -0.25) is 0 Å². The minimum atomic E-state index is -0.520. The fraction of sp³-hybridized carbons (Fsp3) is 0.583. The number of ether oxygens (including phenoxy) is 1. The highest BCUT2D eigenvalue weighted by molar-refractivity contribution is 5.40. The predicted octanol–water partition coefficient (Wildman–Crippen LogP) is 1.80. The second kappa shape index (κ2) is 4.20. The van der Waals surface area contributed by atoms with Crippen molar-refractivity contribution in [2.45, 2.75) is 39.3 Å². The van der Waals surface area contributed by atoms with Crippen molar-refractivity contribution < 1.29 is 9.66 Å². The Morgan fingerprint density at radius 3 is 2.72 bits per heavy atom. The van der Waals surface area contributed by atoms with Gasteiger partial charge in [0.25, 0.3) is 0 Å². The van der Waals surface area contributed by atoms with Gasteiger partial charge in [-0.05, 0) is 22.0 Å². The van der Waals surface area contributed by atoms with E-state index in [9.17, 15) is 10.1 Å². The highest BCUT2D eigenvalue weighted by Crippen LogP contribution is 2.42. The number of aryl methyl sites for hydroxylation is 1. The summed E-state index contributed by atoms with van der Waals surface area (Å²) in [6, 6.07) is 3.37. The zero-order valence-corrected chi connectivity index (χ0v) is 10.7. The van der Waals surface area contributed by atoms with Crippen LogP contribution in [-0.4, -0.2) is 22.1 Å². The average molecular weight is 251 g/mol. The van der Waals surface area contributed by atoms with Gasteiger partial charge in [0.05, 0.1) is 0 Å². The molecule has 98 valence electrons. The SMILES string of the molecule is Cc1ccc(OC2CC(N)C2(C)C)c([N+](=O)[O-])n1. The number of rotatable bonds is 3. The van der Waals surface area contributed by atoms with Crippen LogP contribution in [0.3, 0.4) is 0 Å². The molecule has 1 aliphatic carbocycles. The third kappa shape index (κ3) is 2.03. The van der Waals surface area contributed by atoms with Crippen LogP contribution in [-0.2, 0) is 0 Å². The Bertz CT molecular complexity index is 487. The molecule has 0 aliphatic heterocycles. The molecule has 1 fully saturated rings. The molecular formula is C12H17N3O3. The first-order valence-corrected chi connectivity index (χ1v) is 5.86. The van der Waals surface area contributed by atoms with E-state index >= 15 is 0 Å². The monoisotopic (exact) mass is 251 g/mol. The van der Waals surface area contributed by atoms with Gasteiger partial charge in [-0.2, -0.15) is 0 Å². The van der Waals surface area contributed by atoms with Crippen molar-refractivity contribution in [1.29, 1.82) is 0 Å². The molecule has 1 aliphatic rings. The van der Waals surface area contributed by atoms with Crippen LogP contribution in [0.1, 0.15) is 26.0 Å². The van der Waals surface area contributed by atoms with E-state index in [2.05, 4.69) is 4.98 Å². The fourth-order valence-electron chi connectivity index (χ4n) is 2.02. The molecule has 1 aromatic heterocycles. The van der Waals surface area contributed by atoms with Crippen molar-refractivity contribution in [3.63, 3.8) is 0 Å². The molecule has 2 N–H and O–H groups in total. The summed E-state index contributed by atoms with van der Waals surface area (Å²) >= 11 is 0. The summed E-state index contributed by atoms with van der Waals surface area (Å²) < 4.78 is 5.70. The van der Waals surface area contributed by atoms with Crippen molar-refractivity contribution in [2.24, 2.45) is 11.1 Å². The average Bonchev–Trinajstić information content (AvgIpc) is 2.30. The number of aromatic nitrogens is 1. The third-order valence-electron chi connectivity index (χ3n) is 3.67. The van der Waals surface area contributed by atoms with Crippen molar-refractivity contribution >= 4 is 5.82 Å². The van der Waals surface area contributed by atoms with Gasteiger partial charge < -0.3 is 20.6 Å². The normalized spacial score (nSPS) is 25.3. The highest BCUT2D eigenvalue weighted by Gasteiger charge is 2.48. The molecule has 0 aromatic carbocycles. The van der Waals surface area contributed by atoms with Crippen LogP contribution < -0.4 is 10.5 Å². The maximum Gasteiger partial charge on any atom is 0.406 e. The van der Waals surface area contributed by atoms with Gasteiger partial charge in [0.2, 0.25) is 5.75 Å². The molecule has 0 bridgehead atoms. The van der Waals surface area contributed by atoms with E-state index in [1.165, 1.54) is 0 Å². The topological polar surface area (TPSA) is 91.3 Å². The summed E-state index contributed by atoms with van der Waals surface area (Å²) in [5.74, 6) is -0.0122. The fourth-order valence-corrected chi connectivity index (χ4v) is 2.02. The van der Waals surface area contributed by atoms with E-state index in [4.69, 9.17) is 10.5 Å². The minimum Gasteiger partial charge on any atom is -0.482 e. The standard InChI is InChI=1S/C12H17N3O3/c1-7-4-5-8(11(14-7)15(16)17)18-10-6-9(13)12(10,2)3/h4-5,9-10H,6,13H2,1-3H3. The van der Waals surface area contributed by atoms with Gasteiger partial charge in [0.15, 0.2) is 0 Å². The van der Waals surface area contributed by atoms with Gasteiger partial charge in [0.1, 0.15) is 11.8 Å². The van der Waals surface area contributed by atoms with Crippen molar-refractivity contribution in [3.05, 3.63) is 27.9 Å². The molecule has 1 heterocycles. The lowest BCUT2D eigenvalue weighted by Gasteiger charge is -2.49. The lowest BCUT2D eigenvalue weighted by atomic mass is 9.65. The van der Waals surface area contributed by atoms with E-state index in [0.717, 1.165) is 0 Å². The van der Waals surface area contributed by atoms with Crippen LogP contribution in [0.4, 0.5) is 5.82 Å². The zero-order valence-electron chi connectivity index (χ0n) is 10.7. The molecule has 6 nitrogen and oxygen atoms in total. The largest absolute Gasteiger partial charge is 0.482 e. The van der Waals surface area contributed by atoms with Crippen LogP contribution >= 0.6 is 0 Å². The number of nitrogens with two attached hydrogens (primary N) is 1. The summed E-state index contributed by atoms with van der Waals surface area (Å²) in [7, 11) is 0. The molecule has 0 amide bonds. The lowest BCUT2D eigenvalue weighted by Crippen LogP contribution is -2.60.